The number of para-hydroxylation sites is 2. The maximum absolute atomic E-state index is 13.8. The van der Waals surface area contributed by atoms with E-state index in [0.29, 0.717) is 42.2 Å². The largest absolute Gasteiger partial charge is 0.494 e. The molecule has 1 unspecified atom stereocenters. The van der Waals surface area contributed by atoms with Crippen LogP contribution in [0.15, 0.2) is 101 Å². The number of carbonyl (C=O) groups is 2. The minimum atomic E-state index is -0.543. The van der Waals surface area contributed by atoms with Crippen LogP contribution < -0.4 is 9.47 Å². The third-order valence-corrected chi connectivity index (χ3v) is 7.33. The van der Waals surface area contributed by atoms with Crippen molar-refractivity contribution in [2.45, 2.75) is 38.5 Å². The molecule has 200 valence electrons. The van der Waals surface area contributed by atoms with Crippen LogP contribution in [-0.2, 0) is 14.3 Å². The van der Waals surface area contributed by atoms with Crippen molar-refractivity contribution < 1.29 is 23.8 Å². The quantitative estimate of drug-likeness (QED) is 0.244. The van der Waals surface area contributed by atoms with E-state index in [1.54, 1.807) is 0 Å². The first-order valence-corrected chi connectivity index (χ1v) is 13.5. The lowest BCUT2D eigenvalue weighted by Crippen LogP contribution is -2.41. The highest BCUT2D eigenvalue weighted by molar-refractivity contribution is 6.12. The second-order valence-electron chi connectivity index (χ2n) is 9.81. The van der Waals surface area contributed by atoms with Crippen LogP contribution in [-0.4, -0.2) is 37.3 Å². The Kier molecular flexibility index (Phi) is 8.21. The second-order valence-corrected chi connectivity index (χ2v) is 9.81. The van der Waals surface area contributed by atoms with Crippen LogP contribution in [0.1, 0.15) is 49.7 Å². The topological polar surface area (TPSA) is 74.2 Å². The van der Waals surface area contributed by atoms with Gasteiger partial charge >= 0.3 is 5.97 Å². The molecule has 0 N–H and O–H groups in total. The molecule has 39 heavy (non-hydrogen) atoms. The standard InChI is InChI=1S/C33H33NO5/c1-3-37-29-17-11-10-16-26(29)31-30(33(36)39-19-18-38-25-14-8-5-9-15-25)22(2)34-27-20-24(21-28(35)32(27)31)23-12-6-4-7-13-23/h4-17,24,31-32H,3,18-21H2,1-2H3/t24-,31-,32?/m0/s1. The average molecular weight is 524 g/mol. The number of fused-ring (bicyclic) bond motifs is 1. The van der Waals surface area contributed by atoms with Gasteiger partial charge in [0.15, 0.2) is 0 Å². The maximum atomic E-state index is 13.8. The summed E-state index contributed by atoms with van der Waals surface area (Å²) in [5, 5.41) is 0. The first-order chi connectivity index (χ1) is 19.1. The third kappa shape index (κ3) is 5.80. The Balaban J connectivity index is 1.46. The third-order valence-electron chi connectivity index (χ3n) is 7.33. The molecular weight excluding hydrogens is 490 g/mol. The first kappa shape index (κ1) is 26.4. The monoisotopic (exact) mass is 523 g/mol. The van der Waals surface area contributed by atoms with Crippen molar-refractivity contribution in [3.8, 4) is 11.5 Å². The molecule has 0 aromatic heterocycles. The molecule has 1 fully saturated rings. The van der Waals surface area contributed by atoms with E-state index < -0.39 is 17.8 Å². The molecule has 0 amide bonds. The Morgan fingerprint density at radius 3 is 2.28 bits per heavy atom. The number of allylic oxidation sites excluding steroid dienone is 1. The summed E-state index contributed by atoms with van der Waals surface area (Å²) in [4.78, 5) is 32.3. The molecule has 1 saturated carbocycles. The lowest BCUT2D eigenvalue weighted by Gasteiger charge is -2.38. The summed E-state index contributed by atoms with van der Waals surface area (Å²) in [5.41, 5.74) is 3.73. The molecule has 3 atom stereocenters. The van der Waals surface area contributed by atoms with Gasteiger partial charge in [-0.05, 0) is 49.9 Å². The van der Waals surface area contributed by atoms with Gasteiger partial charge in [0.05, 0.1) is 18.1 Å². The molecule has 3 aromatic carbocycles. The highest BCUT2D eigenvalue weighted by Crippen LogP contribution is 2.48. The number of hydrogen-bond donors (Lipinski definition) is 0. The van der Waals surface area contributed by atoms with Crippen LogP contribution in [0.3, 0.4) is 0 Å². The summed E-state index contributed by atoms with van der Waals surface area (Å²) in [6, 6.07) is 27.1. The van der Waals surface area contributed by atoms with E-state index in [2.05, 4.69) is 12.1 Å². The van der Waals surface area contributed by atoms with Gasteiger partial charge in [-0.25, -0.2) is 4.79 Å². The van der Waals surface area contributed by atoms with Gasteiger partial charge in [-0.3, -0.25) is 9.79 Å². The van der Waals surface area contributed by atoms with E-state index in [4.69, 9.17) is 19.2 Å². The van der Waals surface area contributed by atoms with Gasteiger partial charge in [0.2, 0.25) is 0 Å². The zero-order chi connectivity index (χ0) is 27.2. The summed E-state index contributed by atoms with van der Waals surface area (Å²) < 4.78 is 17.3. The van der Waals surface area contributed by atoms with Crippen molar-refractivity contribution in [2.24, 2.45) is 10.9 Å². The van der Waals surface area contributed by atoms with Crippen molar-refractivity contribution in [3.63, 3.8) is 0 Å². The number of nitrogens with zero attached hydrogens (tertiary/aromatic N) is 1. The van der Waals surface area contributed by atoms with E-state index in [1.807, 2.05) is 86.6 Å². The molecule has 0 saturated heterocycles. The number of Topliss-reactive ketones (excluding diaryl/α,β-unsaturated/α-hetero) is 1. The number of ether oxygens (including phenoxy) is 3. The number of ketones is 1. The lowest BCUT2D eigenvalue weighted by molar-refractivity contribution is -0.140. The SMILES string of the molecule is CCOc1ccccc1[C@H]1C(C(=O)OCCOc2ccccc2)=C(C)N=C2C[C@H](c3ccccc3)CC(=O)C21. The fourth-order valence-corrected chi connectivity index (χ4v) is 5.65. The minimum absolute atomic E-state index is 0.0629. The predicted molar refractivity (Wildman–Crippen MR) is 150 cm³/mol. The number of esters is 1. The number of carbonyl (C=O) groups excluding carboxylic acids is 2. The number of hydrogen-bond acceptors (Lipinski definition) is 6. The fraction of sp³-hybridized carbons (Fsp3) is 0.303. The minimum Gasteiger partial charge on any atom is -0.494 e. The lowest BCUT2D eigenvalue weighted by atomic mass is 9.66. The molecule has 0 spiro atoms. The van der Waals surface area contributed by atoms with E-state index in [1.165, 1.54) is 0 Å². The van der Waals surface area contributed by atoms with Crippen molar-refractivity contribution >= 4 is 17.5 Å². The van der Waals surface area contributed by atoms with E-state index in [9.17, 15) is 9.59 Å². The van der Waals surface area contributed by atoms with E-state index in [-0.39, 0.29) is 24.9 Å². The Morgan fingerprint density at radius 1 is 0.846 bits per heavy atom. The molecule has 0 bridgehead atoms. The number of rotatable bonds is 9. The van der Waals surface area contributed by atoms with Gasteiger partial charge in [-0.2, -0.15) is 0 Å². The van der Waals surface area contributed by atoms with Crippen molar-refractivity contribution in [1.29, 1.82) is 0 Å². The summed E-state index contributed by atoms with van der Waals surface area (Å²) in [6.07, 6.45) is 1.06. The number of aliphatic imine (C=N–C) groups is 1. The van der Waals surface area contributed by atoms with Gasteiger partial charge in [0.1, 0.15) is 30.5 Å². The van der Waals surface area contributed by atoms with Crippen LogP contribution >= 0.6 is 0 Å². The van der Waals surface area contributed by atoms with Crippen LogP contribution in [0.25, 0.3) is 0 Å². The Hall–Kier alpha value is -4.19. The Labute approximate surface area is 229 Å². The average Bonchev–Trinajstić information content (AvgIpc) is 2.96. The molecule has 1 heterocycles. The predicted octanol–water partition coefficient (Wildman–Crippen LogP) is 6.28. The summed E-state index contributed by atoms with van der Waals surface area (Å²) in [7, 11) is 0. The van der Waals surface area contributed by atoms with Crippen LogP contribution in [0.4, 0.5) is 0 Å². The van der Waals surface area contributed by atoms with Gasteiger partial charge in [-0.1, -0.05) is 66.7 Å². The van der Waals surface area contributed by atoms with E-state index in [0.717, 1.165) is 16.8 Å². The molecule has 6 nitrogen and oxygen atoms in total. The molecule has 3 aromatic rings. The summed E-state index contributed by atoms with van der Waals surface area (Å²) in [6.45, 7) is 4.52. The fourth-order valence-electron chi connectivity index (χ4n) is 5.65. The summed E-state index contributed by atoms with van der Waals surface area (Å²) in [5.74, 6) is -0.0511. The molecule has 0 radical (unpaired) electrons. The maximum Gasteiger partial charge on any atom is 0.336 e. The molecule has 5 rings (SSSR count). The zero-order valence-corrected chi connectivity index (χ0v) is 22.3. The van der Waals surface area contributed by atoms with Crippen LogP contribution in [0.2, 0.25) is 0 Å². The second kappa shape index (κ2) is 12.1. The highest BCUT2D eigenvalue weighted by Gasteiger charge is 2.46. The molecular formula is C33H33NO5. The van der Waals surface area contributed by atoms with Gasteiger partial charge in [-0.15, -0.1) is 0 Å². The van der Waals surface area contributed by atoms with Crippen molar-refractivity contribution in [3.05, 3.63) is 107 Å². The van der Waals surface area contributed by atoms with Gasteiger partial charge < -0.3 is 14.2 Å². The molecule has 1 aliphatic heterocycles. The normalized spacial score (nSPS) is 20.6. The van der Waals surface area contributed by atoms with Gasteiger partial charge in [0, 0.05) is 29.3 Å². The highest BCUT2D eigenvalue weighted by atomic mass is 16.6. The van der Waals surface area contributed by atoms with E-state index >= 15 is 0 Å². The molecule has 2 aliphatic rings. The summed E-state index contributed by atoms with van der Waals surface area (Å²) >= 11 is 0. The van der Waals surface area contributed by atoms with Crippen molar-refractivity contribution in [2.75, 3.05) is 19.8 Å². The zero-order valence-electron chi connectivity index (χ0n) is 22.3. The Morgan fingerprint density at radius 2 is 1.54 bits per heavy atom. The number of benzene rings is 3. The molecule has 1 aliphatic carbocycles. The first-order valence-electron chi connectivity index (χ1n) is 13.5. The van der Waals surface area contributed by atoms with Crippen LogP contribution in [0, 0.1) is 5.92 Å². The van der Waals surface area contributed by atoms with Crippen LogP contribution in [0.5, 0.6) is 11.5 Å². The Bertz CT molecular complexity index is 1380. The smallest absolute Gasteiger partial charge is 0.336 e. The van der Waals surface area contributed by atoms with Gasteiger partial charge in [0.25, 0.3) is 0 Å². The van der Waals surface area contributed by atoms with Crippen molar-refractivity contribution in [1.82, 2.24) is 0 Å². The molecule has 6 heteroatoms.